The summed E-state index contributed by atoms with van der Waals surface area (Å²) in [6, 6.07) is 22.3. The van der Waals surface area contributed by atoms with Gasteiger partial charge in [-0.2, -0.15) is 9.97 Å². The first-order valence-electron chi connectivity index (χ1n) is 29.8. The van der Waals surface area contributed by atoms with Gasteiger partial charge >= 0.3 is 268 Å². The molecule has 3 aromatic carbocycles. The largest absolute Gasteiger partial charge is 0.202 e. The summed E-state index contributed by atoms with van der Waals surface area (Å²) >= 11 is -0.841. The average molecular weight is 1250 g/mol. The van der Waals surface area contributed by atoms with Crippen molar-refractivity contribution in [1.82, 2.24) is 50.4 Å². The van der Waals surface area contributed by atoms with Gasteiger partial charge in [-0.1, -0.05) is 55.5 Å². The second-order valence-electron chi connectivity index (χ2n) is 23.9. The molecule has 9 heterocycles. The van der Waals surface area contributed by atoms with Crippen molar-refractivity contribution in [3.63, 3.8) is 0 Å². The number of likely N-dealkylation sites (N-methyl/N-ethyl adjacent to an activating group) is 1. The number of aromatic nitrogens is 5. The van der Waals surface area contributed by atoms with Gasteiger partial charge in [0.25, 0.3) is 0 Å². The van der Waals surface area contributed by atoms with Crippen molar-refractivity contribution in [3.8, 4) is 27.7 Å². The van der Waals surface area contributed by atoms with E-state index in [-0.39, 0.29) is 76.3 Å². The molecular formula is C63H75FN11O6SSn. The number of piperazine rings is 1. The molecule has 2 bridgehead atoms. The molecule has 0 aliphatic carbocycles. The van der Waals surface area contributed by atoms with Crippen molar-refractivity contribution in [2.45, 2.75) is 137 Å². The quantitative estimate of drug-likeness (QED) is 0.0872. The number of likely N-dealkylation sites (tertiary alicyclic amines) is 2. The molecule has 5 aliphatic rings. The third kappa shape index (κ3) is 11.6. The molecule has 8 atom stereocenters. The van der Waals surface area contributed by atoms with E-state index in [1.54, 1.807) is 22.4 Å². The Morgan fingerprint density at radius 3 is 2.41 bits per heavy atom. The Kier molecular flexibility index (Phi) is 16.8. The predicted molar refractivity (Wildman–Crippen MR) is 322 cm³/mol. The SMILES string of the molecule is CCc1cccc2cccc(-c3ncc4c(N5CC6CCC(C5)N6)nc(OC[C@@H]5CC[C@@H](COC(=O)N6C[CH2][Sn]([c]7cc([C@H](C(=O)N8CCC[C@H]8C(=O)N[C@@H](C)c8ccc(-c9scnc9C)cc8)C(C)C)on7)[C@H](C)C6)N5C)nc4c3F)c12. The van der Waals surface area contributed by atoms with Gasteiger partial charge in [0.15, 0.2) is 5.82 Å². The second kappa shape index (κ2) is 24.4. The fourth-order valence-electron chi connectivity index (χ4n) is 13.6. The van der Waals surface area contributed by atoms with Gasteiger partial charge in [0.05, 0.1) is 21.5 Å². The molecule has 2 N–H and O–H groups in total. The van der Waals surface area contributed by atoms with Crippen molar-refractivity contribution in [3.05, 3.63) is 107 Å². The number of ether oxygens (including phenoxy) is 2. The molecular weight excluding hydrogens is 1180 g/mol. The molecule has 435 valence electrons. The number of amides is 3. The first kappa shape index (κ1) is 57.2. The number of thiazole rings is 1. The maximum atomic E-state index is 17.2. The Morgan fingerprint density at radius 1 is 0.928 bits per heavy atom. The molecule has 3 amide bonds. The number of rotatable bonds is 16. The molecule has 4 aromatic heterocycles. The molecule has 1 radical (unpaired) electrons. The van der Waals surface area contributed by atoms with Crippen LogP contribution in [0.2, 0.25) is 8.37 Å². The van der Waals surface area contributed by atoms with Crippen molar-refractivity contribution in [2.75, 3.05) is 57.9 Å². The summed E-state index contributed by atoms with van der Waals surface area (Å²) in [5.41, 5.74) is 7.25. The minimum Gasteiger partial charge on any atom is -0.202 e. The van der Waals surface area contributed by atoms with Crippen molar-refractivity contribution in [1.29, 1.82) is 0 Å². The smallest absolute Gasteiger partial charge is 0.176 e. The van der Waals surface area contributed by atoms with Crippen LogP contribution in [0.4, 0.5) is 15.0 Å². The molecule has 0 spiro atoms. The standard InChI is InChI=1S/C38H46FN7O3.C25H29N4O3S.Sn/c1-5-18-45(7-3)38(47)49-23-29-17-16-28(44(29)4)22-48-37-42-35-31(36(43-37)46-20-26-14-15-27(21-46)41-26)19-40-34(33(35)39)30-13-9-12-25-11-8-10-24(6-2)32(25)30;1-15(2)22(21-11-12-27-32-21)25(31)29-13-5-6-20(29)24(30)28-16(3)18-7-9-19(10-8-18)23-17(4)26-14-33-23;/h5,8-13,19,26-29,41H,3,6-7,14-18,20-23H2,1-2,4H3;7-11,14-16,20,22H,5-6,13H2,1-4H3,(H,28,30);/t26?,27?,28-,29-;16-,20-,22+;/m00./s1. The van der Waals surface area contributed by atoms with Crippen LogP contribution in [0.3, 0.4) is 0 Å². The van der Waals surface area contributed by atoms with Gasteiger partial charge in [-0.15, -0.1) is 11.3 Å². The maximum absolute atomic E-state index is 17.2. The van der Waals surface area contributed by atoms with Crippen molar-refractivity contribution >= 4 is 80.2 Å². The van der Waals surface area contributed by atoms with Crippen LogP contribution in [0.15, 0.2) is 83.0 Å². The Bertz CT molecular complexity index is 3510. The van der Waals surface area contributed by atoms with E-state index < -0.39 is 37.5 Å². The fraction of sp³-hybridized carbons (Fsp3) is 0.492. The predicted octanol–water partition coefficient (Wildman–Crippen LogP) is 9.60. The van der Waals surface area contributed by atoms with Crippen LogP contribution >= 0.6 is 11.3 Å². The van der Waals surface area contributed by atoms with Crippen LogP contribution < -0.4 is 24.0 Å². The van der Waals surface area contributed by atoms with Gasteiger partial charge in [-0.05, 0) is 48.1 Å². The van der Waals surface area contributed by atoms with Crippen LogP contribution in [-0.2, 0) is 20.7 Å². The summed E-state index contributed by atoms with van der Waals surface area (Å²) in [7, 11) is 2.04. The van der Waals surface area contributed by atoms with Crippen molar-refractivity contribution < 1.29 is 32.8 Å². The zero-order valence-corrected chi connectivity index (χ0v) is 52.2. The molecule has 2 unspecified atom stereocenters. The Balaban J connectivity index is 0.652. The van der Waals surface area contributed by atoms with E-state index in [2.05, 4.69) is 74.8 Å². The number of anilines is 1. The zero-order valence-electron chi connectivity index (χ0n) is 48.6. The van der Waals surface area contributed by atoms with E-state index in [0.29, 0.717) is 55.1 Å². The number of carbonyl (C=O) groups is 3. The van der Waals surface area contributed by atoms with Gasteiger partial charge in [0, 0.05) is 36.9 Å². The molecule has 5 saturated heterocycles. The van der Waals surface area contributed by atoms with E-state index in [0.717, 1.165) is 103 Å². The van der Waals surface area contributed by atoms with E-state index in [4.69, 9.17) is 28.9 Å². The number of aryl methyl sites for hydroxylation is 2. The summed E-state index contributed by atoms with van der Waals surface area (Å²) in [4.78, 5) is 70.2. The first-order valence-corrected chi connectivity index (χ1v) is 35.8. The van der Waals surface area contributed by atoms with Crippen LogP contribution in [0, 0.1) is 18.7 Å². The van der Waals surface area contributed by atoms with E-state index in [1.807, 2.05) is 81.6 Å². The average Bonchev–Trinajstić information content (AvgIpc) is 4.44. The van der Waals surface area contributed by atoms with Crippen molar-refractivity contribution in [2.24, 2.45) is 5.92 Å². The number of nitrogens with zero attached hydrogens (tertiary/aromatic N) is 9. The van der Waals surface area contributed by atoms with Gasteiger partial charge < -0.3 is 10.2 Å². The van der Waals surface area contributed by atoms with E-state index in [9.17, 15) is 14.4 Å². The van der Waals surface area contributed by atoms with Crippen LogP contribution in [0.5, 0.6) is 6.01 Å². The van der Waals surface area contributed by atoms with Gasteiger partial charge in [0.1, 0.15) is 17.0 Å². The third-order valence-electron chi connectivity index (χ3n) is 18.3. The minimum absolute atomic E-state index is 0.000950. The third-order valence-corrected chi connectivity index (χ3v) is 27.9. The summed E-state index contributed by atoms with van der Waals surface area (Å²) in [6.45, 7) is 16.0. The first-order chi connectivity index (χ1) is 40.2. The van der Waals surface area contributed by atoms with Gasteiger partial charge in [-0.3, -0.25) is 4.98 Å². The molecule has 83 heavy (non-hydrogen) atoms. The second-order valence-corrected chi connectivity index (χ2v) is 33.5. The zero-order chi connectivity index (χ0) is 57.6. The molecule has 5 fully saturated rings. The molecule has 0 saturated carbocycles. The molecule has 7 aromatic rings. The normalized spacial score (nSPS) is 22.9. The minimum atomic E-state index is -2.45. The van der Waals surface area contributed by atoms with E-state index >= 15 is 4.39 Å². The molecule has 5 aliphatic heterocycles. The van der Waals surface area contributed by atoms with E-state index in [1.165, 1.54) is 0 Å². The summed E-state index contributed by atoms with van der Waals surface area (Å²) in [5.74, 6) is -0.242. The number of benzene rings is 3. The summed E-state index contributed by atoms with van der Waals surface area (Å²) in [6.07, 6.45) is 7.37. The molecule has 20 heteroatoms. The number of fused-ring (bicyclic) bond motifs is 4. The number of hydrogen-bond acceptors (Lipinski definition) is 15. The number of carbonyl (C=O) groups excluding carboxylic acids is 3. The Hall–Kier alpha value is -6.29. The number of nitrogens with one attached hydrogen (secondary N) is 2. The molecule has 12 rings (SSSR count). The Labute approximate surface area is 495 Å². The Morgan fingerprint density at radius 2 is 1.69 bits per heavy atom. The summed E-state index contributed by atoms with van der Waals surface area (Å²) < 4.78 is 37.8. The topological polar surface area (TPSA) is 184 Å². The number of pyridine rings is 1. The van der Waals surface area contributed by atoms with Gasteiger partial charge in [0.2, 0.25) is 0 Å². The maximum Gasteiger partial charge on any atom is 0.176 e. The summed E-state index contributed by atoms with van der Waals surface area (Å²) in [5, 5.41) is 14.1. The van der Waals surface area contributed by atoms with Gasteiger partial charge in [-0.25, -0.2) is 9.37 Å². The van der Waals surface area contributed by atoms with Crippen LogP contribution in [-0.4, -0.2) is 161 Å². The number of hydrogen-bond donors (Lipinski definition) is 2. The fourth-order valence-corrected chi connectivity index (χ4v) is 22.1. The van der Waals surface area contributed by atoms with Crippen LogP contribution in [0.25, 0.3) is 43.4 Å². The molecule has 17 nitrogen and oxygen atoms in total. The monoisotopic (exact) mass is 1250 g/mol. The van der Waals surface area contributed by atoms with Crippen LogP contribution in [0.1, 0.15) is 108 Å². The number of halogens is 1.